The highest BCUT2D eigenvalue weighted by Crippen LogP contribution is 2.25. The third kappa shape index (κ3) is 3.66. The van der Waals surface area contributed by atoms with Gasteiger partial charge in [-0.15, -0.1) is 12.4 Å². The SMILES string of the molecule is Cl.O=S(=O)(c1cccc(Br)c1F)N1CCCNCC1. The maximum atomic E-state index is 13.9. The topological polar surface area (TPSA) is 49.4 Å². The summed E-state index contributed by atoms with van der Waals surface area (Å²) < 4.78 is 40.1. The van der Waals surface area contributed by atoms with E-state index >= 15 is 0 Å². The van der Waals surface area contributed by atoms with Crippen LogP contribution in [0.25, 0.3) is 0 Å². The fourth-order valence-corrected chi connectivity index (χ4v) is 3.95. The molecule has 0 amide bonds. The van der Waals surface area contributed by atoms with Crippen LogP contribution in [0.4, 0.5) is 4.39 Å². The normalized spacial score (nSPS) is 17.6. The Morgan fingerprint density at radius 1 is 1.26 bits per heavy atom. The van der Waals surface area contributed by atoms with E-state index in [9.17, 15) is 12.8 Å². The molecule has 1 aliphatic heterocycles. The molecule has 4 nitrogen and oxygen atoms in total. The van der Waals surface area contributed by atoms with Crippen LogP contribution in [0.2, 0.25) is 0 Å². The first-order chi connectivity index (χ1) is 8.53. The molecule has 1 heterocycles. The van der Waals surface area contributed by atoms with Crippen LogP contribution in [0, 0.1) is 5.82 Å². The van der Waals surface area contributed by atoms with Gasteiger partial charge in [-0.3, -0.25) is 0 Å². The molecule has 1 aliphatic rings. The molecule has 0 atom stereocenters. The zero-order valence-electron chi connectivity index (χ0n) is 10.1. The van der Waals surface area contributed by atoms with Gasteiger partial charge in [0.15, 0.2) is 5.82 Å². The van der Waals surface area contributed by atoms with Gasteiger partial charge in [0, 0.05) is 19.6 Å². The molecular formula is C11H15BrClFN2O2S. The Bertz CT molecular complexity index is 533. The van der Waals surface area contributed by atoms with Crippen molar-refractivity contribution in [1.82, 2.24) is 9.62 Å². The first-order valence-electron chi connectivity index (χ1n) is 5.68. The zero-order valence-corrected chi connectivity index (χ0v) is 13.3. The number of sulfonamides is 1. The number of nitrogens with zero attached hydrogens (tertiary/aromatic N) is 1. The molecule has 0 radical (unpaired) electrons. The molecule has 1 aromatic carbocycles. The number of rotatable bonds is 2. The van der Waals surface area contributed by atoms with Crippen LogP contribution in [-0.2, 0) is 10.0 Å². The molecule has 0 spiro atoms. The van der Waals surface area contributed by atoms with E-state index in [1.54, 1.807) is 0 Å². The Balaban J connectivity index is 0.00000180. The average molecular weight is 374 g/mol. The molecule has 108 valence electrons. The van der Waals surface area contributed by atoms with Gasteiger partial charge in [-0.2, -0.15) is 4.31 Å². The summed E-state index contributed by atoms with van der Waals surface area (Å²) in [6, 6.07) is 4.31. The summed E-state index contributed by atoms with van der Waals surface area (Å²) in [5.74, 6) is -0.727. The smallest absolute Gasteiger partial charge is 0.246 e. The van der Waals surface area contributed by atoms with Crippen molar-refractivity contribution in [1.29, 1.82) is 0 Å². The quantitative estimate of drug-likeness (QED) is 0.862. The van der Waals surface area contributed by atoms with Crippen molar-refractivity contribution in [3.63, 3.8) is 0 Å². The summed E-state index contributed by atoms with van der Waals surface area (Å²) in [6.45, 7) is 2.16. The van der Waals surface area contributed by atoms with Crippen molar-refractivity contribution in [3.05, 3.63) is 28.5 Å². The molecule has 0 saturated carbocycles. The number of hydrogen-bond acceptors (Lipinski definition) is 3. The first kappa shape index (κ1) is 16.8. The van der Waals surface area contributed by atoms with E-state index < -0.39 is 15.8 Å². The molecule has 0 aliphatic carbocycles. The van der Waals surface area contributed by atoms with Crippen LogP contribution in [0.1, 0.15) is 6.42 Å². The summed E-state index contributed by atoms with van der Waals surface area (Å²) in [4.78, 5) is -0.265. The summed E-state index contributed by atoms with van der Waals surface area (Å²) in [7, 11) is -3.75. The maximum absolute atomic E-state index is 13.9. The van der Waals surface area contributed by atoms with E-state index in [-0.39, 0.29) is 21.8 Å². The van der Waals surface area contributed by atoms with E-state index in [1.165, 1.54) is 22.5 Å². The van der Waals surface area contributed by atoms with E-state index in [1.807, 2.05) is 0 Å². The lowest BCUT2D eigenvalue weighted by Gasteiger charge is -2.20. The summed E-state index contributed by atoms with van der Waals surface area (Å²) in [6.07, 6.45) is 0.731. The summed E-state index contributed by atoms with van der Waals surface area (Å²) in [5.41, 5.74) is 0. The van der Waals surface area contributed by atoms with Crippen LogP contribution in [-0.4, -0.2) is 38.9 Å². The van der Waals surface area contributed by atoms with Gasteiger partial charge in [0.1, 0.15) is 4.90 Å². The van der Waals surface area contributed by atoms with Crippen molar-refractivity contribution in [2.24, 2.45) is 0 Å². The predicted molar refractivity (Wildman–Crippen MR) is 77.6 cm³/mol. The maximum Gasteiger partial charge on any atom is 0.246 e. The predicted octanol–water partition coefficient (Wildman–Crippen LogP) is 1.99. The van der Waals surface area contributed by atoms with Crippen LogP contribution in [0.3, 0.4) is 0 Å². The van der Waals surface area contributed by atoms with Gasteiger partial charge in [0.25, 0.3) is 0 Å². The Morgan fingerprint density at radius 2 is 2.00 bits per heavy atom. The Kier molecular flexibility index (Phi) is 6.19. The molecule has 0 aromatic heterocycles. The van der Waals surface area contributed by atoms with Crippen LogP contribution in [0.5, 0.6) is 0 Å². The highest BCUT2D eigenvalue weighted by atomic mass is 79.9. The number of benzene rings is 1. The van der Waals surface area contributed by atoms with Gasteiger partial charge in [-0.1, -0.05) is 6.07 Å². The molecule has 0 bridgehead atoms. The van der Waals surface area contributed by atoms with Gasteiger partial charge in [0.05, 0.1) is 4.47 Å². The third-order valence-corrected chi connectivity index (χ3v) is 5.36. The van der Waals surface area contributed by atoms with E-state index in [2.05, 4.69) is 21.2 Å². The van der Waals surface area contributed by atoms with E-state index in [4.69, 9.17) is 0 Å². The molecule has 1 saturated heterocycles. The molecular weight excluding hydrogens is 359 g/mol. The molecule has 1 N–H and O–H groups in total. The molecule has 2 rings (SSSR count). The number of nitrogens with one attached hydrogen (secondary N) is 1. The Morgan fingerprint density at radius 3 is 2.74 bits per heavy atom. The van der Waals surface area contributed by atoms with Crippen molar-refractivity contribution in [2.75, 3.05) is 26.2 Å². The van der Waals surface area contributed by atoms with Crippen LogP contribution in [0.15, 0.2) is 27.6 Å². The van der Waals surface area contributed by atoms with Crippen LogP contribution < -0.4 is 5.32 Å². The fourth-order valence-electron chi connectivity index (χ4n) is 1.88. The summed E-state index contributed by atoms with van der Waals surface area (Å²) >= 11 is 3.01. The lowest BCUT2D eigenvalue weighted by molar-refractivity contribution is 0.427. The summed E-state index contributed by atoms with van der Waals surface area (Å²) in [5, 5.41) is 3.12. The minimum Gasteiger partial charge on any atom is -0.315 e. The molecule has 0 unspecified atom stereocenters. The van der Waals surface area contributed by atoms with Crippen molar-refractivity contribution in [2.45, 2.75) is 11.3 Å². The minimum absolute atomic E-state index is 0. The van der Waals surface area contributed by atoms with Crippen molar-refractivity contribution in [3.8, 4) is 0 Å². The van der Waals surface area contributed by atoms with Crippen LogP contribution >= 0.6 is 28.3 Å². The number of hydrogen-bond donors (Lipinski definition) is 1. The second-order valence-electron chi connectivity index (χ2n) is 4.06. The van der Waals surface area contributed by atoms with E-state index in [0.717, 1.165) is 13.0 Å². The van der Waals surface area contributed by atoms with Crippen molar-refractivity contribution < 1.29 is 12.8 Å². The Labute approximate surface area is 127 Å². The van der Waals surface area contributed by atoms with Gasteiger partial charge in [-0.05, 0) is 41.0 Å². The molecule has 19 heavy (non-hydrogen) atoms. The lowest BCUT2D eigenvalue weighted by atomic mass is 10.3. The Hall–Kier alpha value is -0.210. The number of halogens is 3. The second kappa shape index (κ2) is 6.99. The average Bonchev–Trinajstić information content (AvgIpc) is 2.61. The second-order valence-corrected chi connectivity index (χ2v) is 6.82. The minimum atomic E-state index is -3.75. The first-order valence-corrected chi connectivity index (χ1v) is 7.91. The van der Waals surface area contributed by atoms with Gasteiger partial charge >= 0.3 is 0 Å². The lowest BCUT2D eigenvalue weighted by Crippen LogP contribution is -2.34. The monoisotopic (exact) mass is 372 g/mol. The van der Waals surface area contributed by atoms with Gasteiger partial charge in [-0.25, -0.2) is 12.8 Å². The molecule has 1 fully saturated rings. The van der Waals surface area contributed by atoms with Gasteiger partial charge < -0.3 is 5.32 Å². The van der Waals surface area contributed by atoms with Crippen molar-refractivity contribution >= 4 is 38.4 Å². The molecule has 8 heteroatoms. The van der Waals surface area contributed by atoms with E-state index in [0.29, 0.717) is 19.6 Å². The highest BCUT2D eigenvalue weighted by Gasteiger charge is 2.28. The van der Waals surface area contributed by atoms with Gasteiger partial charge in [0.2, 0.25) is 10.0 Å². The fraction of sp³-hybridized carbons (Fsp3) is 0.455. The third-order valence-electron chi connectivity index (χ3n) is 2.83. The largest absolute Gasteiger partial charge is 0.315 e. The highest BCUT2D eigenvalue weighted by molar-refractivity contribution is 9.10. The zero-order chi connectivity index (χ0) is 13.2. The molecule has 1 aromatic rings. The standard InChI is InChI=1S/C11H14BrFN2O2S.ClH/c12-9-3-1-4-10(11(9)13)18(16,17)15-7-2-5-14-6-8-15;/h1,3-4,14H,2,5-8H2;1H.